The first kappa shape index (κ1) is 18.5. The van der Waals surface area contributed by atoms with Gasteiger partial charge in [-0.1, -0.05) is 35.9 Å². The van der Waals surface area contributed by atoms with Gasteiger partial charge in [0.1, 0.15) is 0 Å². The fourth-order valence-corrected chi connectivity index (χ4v) is 3.86. The minimum absolute atomic E-state index is 0.0477. The molecule has 7 heteroatoms. The van der Waals surface area contributed by atoms with E-state index in [2.05, 4.69) is 17.1 Å². The van der Waals surface area contributed by atoms with Gasteiger partial charge in [0.25, 0.3) is 5.56 Å². The van der Waals surface area contributed by atoms with E-state index < -0.39 is 5.69 Å². The van der Waals surface area contributed by atoms with E-state index >= 15 is 0 Å². The summed E-state index contributed by atoms with van der Waals surface area (Å²) in [5, 5.41) is 0.858. The summed E-state index contributed by atoms with van der Waals surface area (Å²) in [5.41, 5.74) is 2.04. The van der Waals surface area contributed by atoms with Crippen LogP contribution < -0.4 is 11.2 Å². The molecule has 1 amide bonds. The van der Waals surface area contributed by atoms with Gasteiger partial charge in [0.05, 0.1) is 10.9 Å². The number of benzene rings is 2. The molecule has 1 aromatic heterocycles. The number of H-pyrrole nitrogens is 1. The molecule has 0 fully saturated rings. The molecule has 1 N–H and O–H groups in total. The molecule has 0 saturated carbocycles. The molecule has 2 heterocycles. The molecular formula is C21H20ClN3O3. The van der Waals surface area contributed by atoms with Gasteiger partial charge in [0.2, 0.25) is 5.91 Å². The van der Waals surface area contributed by atoms with Crippen LogP contribution in [0.4, 0.5) is 0 Å². The quantitative estimate of drug-likeness (QED) is 0.735. The summed E-state index contributed by atoms with van der Waals surface area (Å²) >= 11 is 5.91. The zero-order valence-corrected chi connectivity index (χ0v) is 16.0. The lowest BCUT2D eigenvalue weighted by molar-refractivity contribution is -0.132. The van der Waals surface area contributed by atoms with Crippen molar-refractivity contribution in [2.75, 3.05) is 6.54 Å². The Hall–Kier alpha value is -2.86. The van der Waals surface area contributed by atoms with Crippen molar-refractivity contribution in [3.05, 3.63) is 79.5 Å². The number of aromatic amines is 1. The average molecular weight is 398 g/mol. The summed E-state index contributed by atoms with van der Waals surface area (Å²) in [7, 11) is 0. The Labute approximate surface area is 166 Å². The van der Waals surface area contributed by atoms with Gasteiger partial charge in [-0.15, -0.1) is 0 Å². The van der Waals surface area contributed by atoms with Crippen molar-refractivity contribution >= 4 is 28.4 Å². The van der Waals surface area contributed by atoms with Crippen molar-refractivity contribution in [2.24, 2.45) is 0 Å². The number of fused-ring (bicyclic) bond motifs is 2. The lowest BCUT2D eigenvalue weighted by Gasteiger charge is -2.29. The number of aromatic nitrogens is 2. The maximum Gasteiger partial charge on any atom is 0.328 e. The molecule has 6 nitrogen and oxygen atoms in total. The first-order valence-corrected chi connectivity index (χ1v) is 9.67. The molecule has 0 unspecified atom stereocenters. The van der Waals surface area contributed by atoms with E-state index in [1.165, 1.54) is 11.1 Å². The molecule has 2 aromatic carbocycles. The van der Waals surface area contributed by atoms with Gasteiger partial charge in [-0.2, -0.15) is 0 Å². The first-order valence-electron chi connectivity index (χ1n) is 9.30. The van der Waals surface area contributed by atoms with E-state index in [0.29, 0.717) is 41.9 Å². The van der Waals surface area contributed by atoms with E-state index in [-0.39, 0.29) is 18.0 Å². The van der Waals surface area contributed by atoms with Crippen molar-refractivity contribution in [1.82, 2.24) is 14.5 Å². The zero-order valence-electron chi connectivity index (χ0n) is 15.3. The fraction of sp³-hybridized carbons (Fsp3) is 0.286. The average Bonchev–Trinajstić information content (AvgIpc) is 2.69. The van der Waals surface area contributed by atoms with E-state index in [9.17, 15) is 14.4 Å². The Morgan fingerprint density at radius 3 is 2.71 bits per heavy atom. The van der Waals surface area contributed by atoms with Crippen LogP contribution in [0.2, 0.25) is 5.02 Å². The van der Waals surface area contributed by atoms with Crippen LogP contribution in [0, 0.1) is 0 Å². The van der Waals surface area contributed by atoms with Gasteiger partial charge < -0.3 is 9.88 Å². The Bertz CT molecular complexity index is 1170. The van der Waals surface area contributed by atoms with Crippen LogP contribution in [-0.4, -0.2) is 26.9 Å². The summed E-state index contributed by atoms with van der Waals surface area (Å²) in [4.78, 5) is 41.9. The third-order valence-electron chi connectivity index (χ3n) is 5.20. The number of rotatable bonds is 4. The zero-order chi connectivity index (χ0) is 19.7. The molecule has 0 saturated heterocycles. The van der Waals surface area contributed by atoms with Gasteiger partial charge in [0, 0.05) is 31.1 Å². The lowest BCUT2D eigenvalue weighted by atomic mass is 9.99. The standard InChI is InChI=1S/C21H20ClN3O3/c22-16-7-8-17-18(12-16)23-21(28)25(20(17)27)10-3-6-19(26)24-11-9-14-4-1-2-5-15(14)13-24/h1-2,4-5,7-8,12H,3,6,9-11,13H2,(H,23,28). The Morgan fingerprint density at radius 1 is 1.11 bits per heavy atom. The lowest BCUT2D eigenvalue weighted by Crippen LogP contribution is -2.37. The summed E-state index contributed by atoms with van der Waals surface area (Å²) < 4.78 is 1.15. The van der Waals surface area contributed by atoms with Crippen molar-refractivity contribution in [3.63, 3.8) is 0 Å². The van der Waals surface area contributed by atoms with E-state index in [0.717, 1.165) is 11.0 Å². The number of amides is 1. The summed E-state index contributed by atoms with van der Waals surface area (Å²) in [6, 6.07) is 12.9. The highest BCUT2D eigenvalue weighted by atomic mass is 35.5. The SMILES string of the molecule is O=C(CCCn1c(=O)[nH]c2cc(Cl)ccc2c1=O)N1CCc2ccccc2C1. The molecule has 0 radical (unpaired) electrons. The minimum atomic E-state index is -0.487. The summed E-state index contributed by atoms with van der Waals surface area (Å²) in [6.45, 7) is 1.52. The molecule has 0 bridgehead atoms. The number of hydrogen-bond acceptors (Lipinski definition) is 3. The van der Waals surface area contributed by atoms with Gasteiger partial charge in [0.15, 0.2) is 0 Å². The third kappa shape index (κ3) is 3.60. The largest absolute Gasteiger partial charge is 0.338 e. The monoisotopic (exact) mass is 397 g/mol. The van der Waals surface area contributed by atoms with E-state index in [1.807, 2.05) is 17.0 Å². The minimum Gasteiger partial charge on any atom is -0.338 e. The van der Waals surface area contributed by atoms with Crippen molar-refractivity contribution in [1.29, 1.82) is 0 Å². The third-order valence-corrected chi connectivity index (χ3v) is 5.43. The second kappa shape index (κ2) is 7.64. The molecule has 1 aliphatic rings. The topological polar surface area (TPSA) is 75.2 Å². The van der Waals surface area contributed by atoms with Crippen molar-refractivity contribution in [3.8, 4) is 0 Å². The maximum atomic E-state index is 12.6. The van der Waals surface area contributed by atoms with E-state index in [4.69, 9.17) is 11.6 Å². The molecular weight excluding hydrogens is 378 g/mol. The van der Waals surface area contributed by atoms with Crippen LogP contribution in [0.1, 0.15) is 24.0 Å². The number of nitrogens with zero attached hydrogens (tertiary/aromatic N) is 2. The molecule has 4 rings (SSSR count). The van der Waals surface area contributed by atoms with Gasteiger partial charge >= 0.3 is 5.69 Å². The van der Waals surface area contributed by atoms with Crippen molar-refractivity contribution in [2.45, 2.75) is 32.4 Å². The van der Waals surface area contributed by atoms with Gasteiger partial charge in [-0.3, -0.25) is 14.2 Å². The molecule has 0 spiro atoms. The highest BCUT2D eigenvalue weighted by Crippen LogP contribution is 2.19. The van der Waals surface area contributed by atoms with Gasteiger partial charge in [-0.05, 0) is 42.2 Å². The molecule has 144 valence electrons. The molecule has 0 aliphatic carbocycles. The highest BCUT2D eigenvalue weighted by molar-refractivity contribution is 6.31. The van der Waals surface area contributed by atoms with Crippen LogP contribution >= 0.6 is 11.6 Å². The van der Waals surface area contributed by atoms with Crippen LogP contribution in [0.25, 0.3) is 10.9 Å². The number of halogens is 1. The van der Waals surface area contributed by atoms with E-state index in [1.54, 1.807) is 18.2 Å². The van der Waals surface area contributed by atoms with Crippen LogP contribution in [0.15, 0.2) is 52.1 Å². The molecule has 0 atom stereocenters. The van der Waals surface area contributed by atoms with Crippen LogP contribution in [0.5, 0.6) is 0 Å². The summed E-state index contributed by atoms with van der Waals surface area (Å²) in [5.74, 6) is 0.0477. The molecule has 3 aromatic rings. The number of carbonyl (C=O) groups is 1. The smallest absolute Gasteiger partial charge is 0.328 e. The van der Waals surface area contributed by atoms with Crippen LogP contribution in [0.3, 0.4) is 0 Å². The Kier molecular flexibility index (Phi) is 5.05. The Balaban J connectivity index is 1.43. The number of nitrogens with one attached hydrogen (secondary N) is 1. The number of carbonyl (C=O) groups excluding carboxylic acids is 1. The summed E-state index contributed by atoms with van der Waals surface area (Å²) in [6.07, 6.45) is 1.58. The number of hydrogen-bond donors (Lipinski definition) is 1. The van der Waals surface area contributed by atoms with Crippen molar-refractivity contribution < 1.29 is 4.79 Å². The second-order valence-electron chi connectivity index (χ2n) is 7.01. The maximum absolute atomic E-state index is 12.6. The predicted octanol–water partition coefficient (Wildman–Crippen LogP) is 2.71. The molecule has 28 heavy (non-hydrogen) atoms. The fourth-order valence-electron chi connectivity index (χ4n) is 3.68. The first-order chi connectivity index (χ1) is 13.5. The predicted molar refractivity (Wildman–Crippen MR) is 109 cm³/mol. The normalized spacial score (nSPS) is 13.5. The molecule has 1 aliphatic heterocycles. The Morgan fingerprint density at radius 2 is 1.89 bits per heavy atom. The van der Waals surface area contributed by atoms with Gasteiger partial charge in [-0.25, -0.2) is 4.79 Å². The second-order valence-corrected chi connectivity index (χ2v) is 7.45. The highest BCUT2D eigenvalue weighted by Gasteiger charge is 2.20. The van der Waals surface area contributed by atoms with Crippen LogP contribution in [-0.2, 0) is 24.3 Å².